The zero-order valence-electron chi connectivity index (χ0n) is 19.2. The summed E-state index contributed by atoms with van der Waals surface area (Å²) in [6.45, 7) is 7.78. The highest BCUT2D eigenvalue weighted by atomic mass is 16.5. The first-order valence-corrected chi connectivity index (χ1v) is 11.1. The molecule has 33 heavy (non-hydrogen) atoms. The summed E-state index contributed by atoms with van der Waals surface area (Å²) < 4.78 is 6.49. The van der Waals surface area contributed by atoms with Crippen molar-refractivity contribution in [1.29, 1.82) is 0 Å². The molecule has 0 radical (unpaired) electrons. The molecule has 2 aliphatic heterocycles. The van der Waals surface area contributed by atoms with Crippen LogP contribution in [0.3, 0.4) is 0 Å². The van der Waals surface area contributed by atoms with Crippen LogP contribution in [-0.2, 0) is 4.79 Å². The van der Waals surface area contributed by atoms with Crippen molar-refractivity contribution >= 4 is 23.3 Å². The van der Waals surface area contributed by atoms with E-state index in [4.69, 9.17) is 4.74 Å². The molecule has 3 aromatic rings. The summed E-state index contributed by atoms with van der Waals surface area (Å²) in [7, 11) is 0. The summed E-state index contributed by atoms with van der Waals surface area (Å²) >= 11 is 0. The van der Waals surface area contributed by atoms with Gasteiger partial charge in [-0.3, -0.25) is 9.69 Å². The Hall–Kier alpha value is -3.80. The van der Waals surface area contributed by atoms with Gasteiger partial charge < -0.3 is 15.4 Å². The maximum absolute atomic E-state index is 13.8. The first-order chi connectivity index (χ1) is 15.8. The highest BCUT2D eigenvalue weighted by Gasteiger charge is 2.60. The van der Waals surface area contributed by atoms with Crippen molar-refractivity contribution in [3.05, 3.63) is 89.0 Å². The topological polar surface area (TPSA) is 70.7 Å². The normalized spacial score (nSPS) is 23.3. The molecule has 2 aliphatic rings. The van der Waals surface area contributed by atoms with Crippen LogP contribution in [0, 0.1) is 26.7 Å². The molecule has 6 heteroatoms. The molecule has 6 nitrogen and oxygen atoms in total. The first kappa shape index (κ1) is 21.1. The summed E-state index contributed by atoms with van der Waals surface area (Å²) in [6, 6.07) is 20.3. The standard InChI is InChI=1S/C27H27N3O3/c1-16-8-7-9-19(15-16)30-26(32)29-24-20-10-5-6-11-22(20)33-27(30,4)23(24)25(31)28-21-13-12-17(2)14-18(21)3/h5-15,23-24H,1-4H3,(H,28,31)(H,29,32)/t23-,24+,27+/m1/s1. The Morgan fingerprint density at radius 3 is 2.52 bits per heavy atom. The molecule has 168 valence electrons. The Labute approximate surface area is 193 Å². The smallest absolute Gasteiger partial charge is 0.325 e. The van der Waals surface area contributed by atoms with E-state index < -0.39 is 17.7 Å². The number of benzene rings is 3. The van der Waals surface area contributed by atoms with Crippen molar-refractivity contribution < 1.29 is 14.3 Å². The molecule has 0 saturated carbocycles. The molecule has 1 fully saturated rings. The zero-order valence-corrected chi connectivity index (χ0v) is 19.2. The van der Waals surface area contributed by atoms with E-state index in [-0.39, 0.29) is 11.9 Å². The van der Waals surface area contributed by atoms with E-state index in [0.717, 1.165) is 27.9 Å². The van der Waals surface area contributed by atoms with Crippen LogP contribution in [0.15, 0.2) is 66.7 Å². The Bertz CT molecular complexity index is 1270. The number of aryl methyl sites for hydroxylation is 3. The molecule has 5 rings (SSSR count). The average molecular weight is 442 g/mol. The fourth-order valence-corrected chi connectivity index (χ4v) is 5.05. The van der Waals surface area contributed by atoms with Crippen LogP contribution in [0.2, 0.25) is 0 Å². The molecule has 2 N–H and O–H groups in total. The van der Waals surface area contributed by atoms with Crippen molar-refractivity contribution in [3.8, 4) is 5.75 Å². The first-order valence-electron chi connectivity index (χ1n) is 11.1. The van der Waals surface area contributed by atoms with E-state index in [2.05, 4.69) is 10.6 Å². The number of hydrogen-bond donors (Lipinski definition) is 2. The van der Waals surface area contributed by atoms with E-state index in [0.29, 0.717) is 11.4 Å². The van der Waals surface area contributed by atoms with Crippen molar-refractivity contribution in [2.45, 2.75) is 39.5 Å². The summed E-state index contributed by atoms with van der Waals surface area (Å²) in [4.78, 5) is 28.7. The quantitative estimate of drug-likeness (QED) is 0.583. The number of ether oxygens (including phenoxy) is 1. The van der Waals surface area contributed by atoms with Crippen LogP contribution in [0.1, 0.15) is 35.2 Å². The molecular weight excluding hydrogens is 414 g/mol. The number of urea groups is 1. The highest BCUT2D eigenvalue weighted by Crippen LogP contribution is 2.49. The van der Waals surface area contributed by atoms with Crippen molar-refractivity contribution in [1.82, 2.24) is 5.32 Å². The number of amides is 3. The zero-order chi connectivity index (χ0) is 23.3. The SMILES string of the molecule is Cc1cccc(N2C(=O)N[C@H]3c4ccccc4O[C@@]2(C)[C@H]3C(=O)Nc2ccc(C)cc2C)c1. The third-order valence-corrected chi connectivity index (χ3v) is 6.59. The second kappa shape index (κ2) is 7.66. The number of rotatable bonds is 3. The third-order valence-electron chi connectivity index (χ3n) is 6.59. The van der Waals surface area contributed by atoms with Crippen LogP contribution >= 0.6 is 0 Å². The largest absolute Gasteiger partial charge is 0.466 e. The molecule has 0 aliphatic carbocycles. The number of hydrogen-bond acceptors (Lipinski definition) is 3. The molecule has 2 heterocycles. The number of carbonyl (C=O) groups excluding carboxylic acids is 2. The van der Waals surface area contributed by atoms with Crippen LogP contribution in [0.25, 0.3) is 0 Å². The van der Waals surface area contributed by atoms with Gasteiger partial charge in [0.1, 0.15) is 11.7 Å². The summed E-state index contributed by atoms with van der Waals surface area (Å²) in [5.41, 5.74) is 4.12. The van der Waals surface area contributed by atoms with E-state index in [1.807, 2.05) is 94.4 Å². The Kier molecular flexibility index (Phi) is 4.89. The summed E-state index contributed by atoms with van der Waals surface area (Å²) in [5, 5.41) is 6.18. The number of fused-ring (bicyclic) bond motifs is 4. The van der Waals surface area contributed by atoms with E-state index in [1.165, 1.54) is 0 Å². The Balaban J connectivity index is 1.62. The lowest BCUT2D eigenvalue weighted by Crippen LogP contribution is -2.72. The fourth-order valence-electron chi connectivity index (χ4n) is 5.05. The monoisotopic (exact) mass is 441 g/mol. The molecule has 0 spiro atoms. The van der Waals surface area contributed by atoms with Gasteiger partial charge in [0, 0.05) is 16.9 Å². The van der Waals surface area contributed by atoms with Gasteiger partial charge in [0.2, 0.25) is 11.6 Å². The highest BCUT2D eigenvalue weighted by molar-refractivity contribution is 6.01. The van der Waals surface area contributed by atoms with Gasteiger partial charge in [0.05, 0.1) is 6.04 Å². The number of nitrogens with zero attached hydrogens (tertiary/aromatic N) is 1. The second-order valence-electron chi connectivity index (χ2n) is 9.08. The molecule has 2 bridgehead atoms. The molecule has 0 unspecified atom stereocenters. The lowest BCUT2D eigenvalue weighted by molar-refractivity contribution is -0.131. The van der Waals surface area contributed by atoms with Gasteiger partial charge in [0.15, 0.2) is 0 Å². The van der Waals surface area contributed by atoms with Gasteiger partial charge in [-0.2, -0.15) is 0 Å². The van der Waals surface area contributed by atoms with Gasteiger partial charge in [-0.1, -0.05) is 48.0 Å². The van der Waals surface area contributed by atoms with Crippen molar-refractivity contribution in [2.75, 3.05) is 10.2 Å². The lowest BCUT2D eigenvalue weighted by atomic mass is 9.78. The fraction of sp³-hybridized carbons (Fsp3) is 0.259. The maximum Gasteiger partial charge on any atom is 0.325 e. The lowest BCUT2D eigenvalue weighted by Gasteiger charge is -2.54. The average Bonchev–Trinajstić information content (AvgIpc) is 2.75. The van der Waals surface area contributed by atoms with Gasteiger partial charge in [-0.15, -0.1) is 0 Å². The van der Waals surface area contributed by atoms with Gasteiger partial charge in [-0.25, -0.2) is 4.79 Å². The van der Waals surface area contributed by atoms with Crippen LogP contribution in [-0.4, -0.2) is 17.7 Å². The molecule has 1 saturated heterocycles. The Morgan fingerprint density at radius 1 is 1.00 bits per heavy atom. The predicted octanol–water partition coefficient (Wildman–Crippen LogP) is 5.25. The number of carbonyl (C=O) groups is 2. The number of para-hydroxylation sites is 1. The molecule has 3 atom stereocenters. The van der Waals surface area contributed by atoms with Crippen molar-refractivity contribution in [2.24, 2.45) is 5.92 Å². The Morgan fingerprint density at radius 2 is 1.76 bits per heavy atom. The van der Waals surface area contributed by atoms with E-state index in [9.17, 15) is 9.59 Å². The van der Waals surface area contributed by atoms with Crippen molar-refractivity contribution in [3.63, 3.8) is 0 Å². The van der Waals surface area contributed by atoms with Gasteiger partial charge in [-0.05, 0) is 63.1 Å². The van der Waals surface area contributed by atoms with Crippen LogP contribution in [0.4, 0.5) is 16.2 Å². The minimum atomic E-state index is -1.22. The summed E-state index contributed by atoms with van der Waals surface area (Å²) in [6.07, 6.45) is 0. The molecule has 3 aromatic carbocycles. The molecular formula is C27H27N3O3. The summed E-state index contributed by atoms with van der Waals surface area (Å²) in [5.74, 6) is -0.230. The minimum absolute atomic E-state index is 0.207. The van der Waals surface area contributed by atoms with E-state index >= 15 is 0 Å². The van der Waals surface area contributed by atoms with Gasteiger partial charge in [0.25, 0.3) is 0 Å². The number of nitrogens with one attached hydrogen (secondary N) is 2. The second-order valence-corrected chi connectivity index (χ2v) is 9.08. The molecule has 3 amide bonds. The third kappa shape index (κ3) is 3.42. The minimum Gasteiger partial charge on any atom is -0.466 e. The number of anilines is 2. The van der Waals surface area contributed by atoms with Crippen LogP contribution in [0.5, 0.6) is 5.75 Å². The predicted molar refractivity (Wildman–Crippen MR) is 128 cm³/mol. The van der Waals surface area contributed by atoms with E-state index in [1.54, 1.807) is 4.90 Å². The molecule has 0 aromatic heterocycles. The van der Waals surface area contributed by atoms with Gasteiger partial charge >= 0.3 is 6.03 Å². The maximum atomic E-state index is 13.8. The van der Waals surface area contributed by atoms with Crippen LogP contribution < -0.4 is 20.3 Å².